The van der Waals surface area contributed by atoms with Crippen molar-refractivity contribution in [2.24, 2.45) is 12.8 Å². The number of benzene rings is 2. The molecular weight excluding hydrogens is 576 g/mol. The minimum Gasteiger partial charge on any atom is -0.483 e. The Bertz CT molecular complexity index is 1590. The number of nitrogens with zero attached hydrogens (tertiary/aromatic N) is 4. The van der Waals surface area contributed by atoms with Gasteiger partial charge in [0.2, 0.25) is 0 Å². The van der Waals surface area contributed by atoms with Crippen molar-refractivity contribution < 1.29 is 28.6 Å². The van der Waals surface area contributed by atoms with Crippen LogP contribution >= 0.6 is 0 Å². The van der Waals surface area contributed by atoms with Gasteiger partial charge in [-0.25, -0.2) is 14.8 Å². The summed E-state index contributed by atoms with van der Waals surface area (Å²) in [6.07, 6.45) is 1.65. The van der Waals surface area contributed by atoms with Crippen molar-refractivity contribution in [3.8, 4) is 5.75 Å². The van der Waals surface area contributed by atoms with E-state index in [1.165, 1.54) is 4.90 Å². The summed E-state index contributed by atoms with van der Waals surface area (Å²) in [6, 6.07) is 17.7. The summed E-state index contributed by atoms with van der Waals surface area (Å²) in [4.78, 5) is 48.2. The molecule has 2 heterocycles. The van der Waals surface area contributed by atoms with E-state index in [4.69, 9.17) is 24.9 Å². The quantitative estimate of drug-likeness (QED) is 0.111. The molecule has 4 aromatic rings. The molecule has 0 radical (unpaired) electrons. The van der Waals surface area contributed by atoms with E-state index in [1.54, 1.807) is 67.7 Å². The van der Waals surface area contributed by atoms with Crippen molar-refractivity contribution in [2.45, 2.75) is 52.3 Å². The number of nitrogens with one attached hydrogen (secondary N) is 1. The minimum atomic E-state index is -0.721. The first-order valence-electron chi connectivity index (χ1n) is 15.0. The van der Waals surface area contributed by atoms with E-state index < -0.39 is 18.4 Å². The highest BCUT2D eigenvalue weighted by Gasteiger charge is 2.23. The molecule has 12 nitrogen and oxygen atoms in total. The van der Waals surface area contributed by atoms with E-state index in [9.17, 15) is 14.4 Å². The first-order valence-corrected chi connectivity index (χ1v) is 15.0. The van der Waals surface area contributed by atoms with E-state index in [1.807, 2.05) is 31.5 Å². The van der Waals surface area contributed by atoms with Gasteiger partial charge in [-0.15, -0.1) is 0 Å². The summed E-state index contributed by atoms with van der Waals surface area (Å²) in [5, 5.41) is 2.62. The zero-order valence-electron chi connectivity index (χ0n) is 26.1. The van der Waals surface area contributed by atoms with Gasteiger partial charge in [0.05, 0.1) is 30.7 Å². The van der Waals surface area contributed by atoms with Crippen LogP contribution in [0, 0.1) is 0 Å². The fraction of sp³-hybridized carbons (Fsp3) is 0.364. The van der Waals surface area contributed by atoms with Crippen LogP contribution in [0.3, 0.4) is 0 Å². The molecule has 0 aliphatic heterocycles. The molecule has 0 saturated heterocycles. The lowest BCUT2D eigenvalue weighted by atomic mass is 10.1. The Morgan fingerprint density at radius 2 is 1.82 bits per heavy atom. The zero-order valence-corrected chi connectivity index (χ0v) is 26.1. The summed E-state index contributed by atoms with van der Waals surface area (Å²) in [5.41, 5.74) is 8.67. The van der Waals surface area contributed by atoms with Crippen LogP contribution in [0.2, 0.25) is 0 Å². The Morgan fingerprint density at radius 1 is 1.04 bits per heavy atom. The Kier molecular flexibility index (Phi) is 11.5. The van der Waals surface area contributed by atoms with Crippen molar-refractivity contribution in [1.29, 1.82) is 0 Å². The highest BCUT2D eigenvalue weighted by atomic mass is 16.5. The number of amides is 2. The summed E-state index contributed by atoms with van der Waals surface area (Å²) in [7, 11) is 1.89. The predicted molar refractivity (Wildman–Crippen MR) is 170 cm³/mol. The number of rotatable bonds is 14. The van der Waals surface area contributed by atoms with Gasteiger partial charge in [0, 0.05) is 25.4 Å². The average Bonchev–Trinajstić information content (AvgIpc) is 3.37. The van der Waals surface area contributed by atoms with E-state index in [-0.39, 0.29) is 31.4 Å². The van der Waals surface area contributed by atoms with Gasteiger partial charge in [0.25, 0.3) is 5.91 Å². The Hall–Kier alpha value is -4.97. The number of hydrogen-bond donors (Lipinski definition) is 2. The molecule has 238 valence electrons. The summed E-state index contributed by atoms with van der Waals surface area (Å²) < 4.78 is 18.3. The molecule has 2 amide bonds. The van der Waals surface area contributed by atoms with Crippen molar-refractivity contribution in [3.63, 3.8) is 0 Å². The van der Waals surface area contributed by atoms with Crippen LogP contribution in [-0.2, 0) is 21.3 Å². The van der Waals surface area contributed by atoms with E-state index in [0.29, 0.717) is 40.6 Å². The van der Waals surface area contributed by atoms with Gasteiger partial charge in [-0.3, -0.25) is 14.5 Å². The predicted octanol–water partition coefficient (Wildman–Crippen LogP) is 5.19. The van der Waals surface area contributed by atoms with Gasteiger partial charge >= 0.3 is 12.1 Å². The largest absolute Gasteiger partial charge is 0.483 e. The molecule has 12 heteroatoms. The summed E-state index contributed by atoms with van der Waals surface area (Å²) in [6.45, 7) is 6.38. The molecule has 0 bridgehead atoms. The van der Waals surface area contributed by atoms with Crippen molar-refractivity contribution in [3.05, 3.63) is 83.8 Å². The van der Waals surface area contributed by atoms with Crippen LogP contribution in [-0.4, -0.2) is 52.3 Å². The number of hydrogen-bond acceptors (Lipinski definition) is 9. The molecule has 0 aliphatic carbocycles. The van der Waals surface area contributed by atoms with Gasteiger partial charge in [-0.2, -0.15) is 0 Å². The number of aryl methyl sites for hydroxylation is 1. The summed E-state index contributed by atoms with van der Waals surface area (Å²) in [5.74, 6) is 1.00. The van der Waals surface area contributed by atoms with Gasteiger partial charge < -0.3 is 29.8 Å². The van der Waals surface area contributed by atoms with Crippen LogP contribution < -0.4 is 20.7 Å². The molecule has 2 unspecified atom stereocenters. The van der Waals surface area contributed by atoms with E-state index >= 15 is 0 Å². The Morgan fingerprint density at radius 3 is 2.51 bits per heavy atom. The molecule has 2 aromatic carbocycles. The van der Waals surface area contributed by atoms with Crippen LogP contribution in [0.15, 0.2) is 66.9 Å². The maximum absolute atomic E-state index is 13.7. The maximum Gasteiger partial charge on any atom is 0.408 e. The molecule has 4 rings (SSSR count). The number of imidazole rings is 1. The number of ether oxygens (including phenoxy) is 3. The lowest BCUT2D eigenvalue weighted by Gasteiger charge is -2.21. The molecule has 2 atom stereocenters. The lowest BCUT2D eigenvalue weighted by molar-refractivity contribution is -0.142. The second-order valence-electron chi connectivity index (χ2n) is 10.4. The monoisotopic (exact) mass is 616 g/mol. The average molecular weight is 617 g/mol. The van der Waals surface area contributed by atoms with Crippen molar-refractivity contribution in [2.75, 3.05) is 24.7 Å². The molecule has 0 aliphatic rings. The van der Waals surface area contributed by atoms with Crippen LogP contribution in [0.4, 0.5) is 10.6 Å². The van der Waals surface area contributed by atoms with Crippen molar-refractivity contribution >= 4 is 34.8 Å². The first-order chi connectivity index (χ1) is 21.7. The number of pyridine rings is 1. The molecule has 0 spiro atoms. The molecule has 0 fully saturated rings. The van der Waals surface area contributed by atoms with Gasteiger partial charge in [0.1, 0.15) is 17.7 Å². The summed E-state index contributed by atoms with van der Waals surface area (Å²) >= 11 is 0. The second-order valence-corrected chi connectivity index (χ2v) is 10.4. The molecule has 2 aromatic heterocycles. The van der Waals surface area contributed by atoms with Crippen LogP contribution in [0.25, 0.3) is 11.0 Å². The number of alkyl carbamates (subject to hydrolysis) is 1. The molecule has 0 saturated carbocycles. The minimum absolute atomic E-state index is 0.0377. The first kappa shape index (κ1) is 32.9. The van der Waals surface area contributed by atoms with Crippen LogP contribution in [0.5, 0.6) is 5.75 Å². The standard InChI is InChI=1S/C33H40N6O6/c1-5-7-20-44-33(42)37-30(34)23-11-14-25(15-12-23)45-22(3)31-36-26-21-24(13-16-27(26)38(31)4)32(41)39(19-17-29(40)43-6-2)28-10-8-9-18-35-28/h8-16,18,21-22,30H,5-7,17,19-20,34H2,1-4H3,(H,37,42). The fourth-order valence-electron chi connectivity index (χ4n) is 4.71. The lowest BCUT2D eigenvalue weighted by Crippen LogP contribution is -2.34. The fourth-order valence-corrected chi connectivity index (χ4v) is 4.71. The molecular formula is C33H40N6O6. The Balaban J connectivity index is 1.46. The third kappa shape index (κ3) is 8.57. The number of nitrogens with two attached hydrogens (primary N) is 1. The third-order valence-electron chi connectivity index (χ3n) is 7.10. The van der Waals surface area contributed by atoms with Gasteiger partial charge in [0.15, 0.2) is 11.9 Å². The number of esters is 1. The SMILES string of the molecule is CCCCOC(=O)NC(N)c1ccc(OC(C)c2nc3cc(C(=O)N(CCC(=O)OCC)c4ccccn4)ccc3n2C)cc1. The number of unbranched alkanes of at least 4 members (excludes halogenated alkanes) is 1. The third-order valence-corrected chi connectivity index (χ3v) is 7.10. The molecule has 3 N–H and O–H groups in total. The van der Waals surface area contributed by atoms with Gasteiger partial charge in [-0.05, 0) is 68.3 Å². The highest BCUT2D eigenvalue weighted by molar-refractivity contribution is 6.07. The van der Waals surface area contributed by atoms with E-state index in [2.05, 4.69) is 10.3 Å². The van der Waals surface area contributed by atoms with Gasteiger partial charge in [-0.1, -0.05) is 31.5 Å². The van der Waals surface area contributed by atoms with E-state index in [0.717, 1.165) is 18.4 Å². The number of anilines is 1. The second kappa shape index (κ2) is 15.7. The molecule has 45 heavy (non-hydrogen) atoms. The maximum atomic E-state index is 13.7. The topological polar surface area (TPSA) is 151 Å². The number of fused-ring (bicyclic) bond motifs is 1. The van der Waals surface area contributed by atoms with Crippen LogP contribution in [0.1, 0.15) is 74.0 Å². The number of carbonyl (C=O) groups is 3. The normalized spacial score (nSPS) is 12.3. The van der Waals surface area contributed by atoms with Crippen molar-refractivity contribution in [1.82, 2.24) is 19.9 Å². The highest BCUT2D eigenvalue weighted by Crippen LogP contribution is 2.26. The number of aromatic nitrogens is 3. The zero-order chi connectivity index (χ0) is 32.3. The number of carbonyl (C=O) groups excluding carboxylic acids is 3. The Labute approximate surface area is 262 Å². The smallest absolute Gasteiger partial charge is 0.408 e.